The highest BCUT2D eigenvalue weighted by Gasteiger charge is 2.31. The molecule has 4 nitrogen and oxygen atoms in total. The Morgan fingerprint density at radius 1 is 1.39 bits per heavy atom. The fraction of sp³-hybridized carbons (Fsp3) is 0.538. The van der Waals surface area contributed by atoms with E-state index in [1.54, 1.807) is 12.1 Å². The molecule has 1 aliphatic rings. The second kappa shape index (κ2) is 4.46. The summed E-state index contributed by atoms with van der Waals surface area (Å²) in [5.41, 5.74) is 7.55. The molecule has 100 valence electrons. The molecule has 1 fully saturated rings. The lowest BCUT2D eigenvalue weighted by Gasteiger charge is -2.38. The molecule has 3 N–H and O–H groups in total. The van der Waals surface area contributed by atoms with Crippen molar-refractivity contribution in [1.29, 1.82) is 0 Å². The molecule has 18 heavy (non-hydrogen) atoms. The Hall–Kier alpha value is -1.23. The molecule has 1 aliphatic carbocycles. The molecule has 0 spiro atoms. The number of anilines is 2. The van der Waals surface area contributed by atoms with Crippen LogP contribution in [-0.2, 0) is 9.84 Å². The van der Waals surface area contributed by atoms with Crippen LogP contribution in [0.5, 0.6) is 0 Å². The van der Waals surface area contributed by atoms with Gasteiger partial charge < -0.3 is 11.1 Å². The summed E-state index contributed by atoms with van der Waals surface area (Å²) in [4.78, 5) is 0.264. The number of hydrogen-bond acceptors (Lipinski definition) is 4. The Labute approximate surface area is 108 Å². The van der Waals surface area contributed by atoms with Crippen LogP contribution < -0.4 is 11.1 Å². The molecule has 2 rings (SSSR count). The minimum Gasteiger partial charge on any atom is -0.397 e. The minimum atomic E-state index is -3.19. The van der Waals surface area contributed by atoms with Gasteiger partial charge in [0.2, 0.25) is 0 Å². The summed E-state index contributed by atoms with van der Waals surface area (Å²) in [6.07, 6.45) is 4.95. The third kappa shape index (κ3) is 2.77. The maximum Gasteiger partial charge on any atom is 0.175 e. The summed E-state index contributed by atoms with van der Waals surface area (Å²) in [6, 6.07) is 4.85. The molecule has 0 bridgehead atoms. The van der Waals surface area contributed by atoms with E-state index < -0.39 is 9.84 Å². The SMILES string of the molecule is CC1(CNc2ccc(S(C)(=O)=O)cc2N)CCC1. The van der Waals surface area contributed by atoms with Gasteiger partial charge in [0.1, 0.15) is 0 Å². The van der Waals surface area contributed by atoms with Gasteiger partial charge in [0.15, 0.2) is 9.84 Å². The van der Waals surface area contributed by atoms with E-state index in [0.29, 0.717) is 11.1 Å². The van der Waals surface area contributed by atoms with E-state index in [1.807, 2.05) is 0 Å². The van der Waals surface area contributed by atoms with Crippen LogP contribution in [0.4, 0.5) is 11.4 Å². The first-order valence-corrected chi connectivity index (χ1v) is 8.03. The topological polar surface area (TPSA) is 72.2 Å². The van der Waals surface area contributed by atoms with Crippen molar-refractivity contribution in [2.75, 3.05) is 23.9 Å². The summed E-state index contributed by atoms with van der Waals surface area (Å²) in [6.45, 7) is 3.14. The number of sulfone groups is 1. The molecular weight excluding hydrogens is 248 g/mol. The van der Waals surface area contributed by atoms with Crippen molar-refractivity contribution in [2.24, 2.45) is 5.41 Å². The van der Waals surface area contributed by atoms with Crippen molar-refractivity contribution in [2.45, 2.75) is 31.1 Å². The molecule has 1 aromatic carbocycles. The first-order valence-electron chi connectivity index (χ1n) is 6.14. The number of nitrogens with one attached hydrogen (secondary N) is 1. The maximum absolute atomic E-state index is 11.4. The average molecular weight is 268 g/mol. The molecule has 0 aromatic heterocycles. The first kappa shape index (κ1) is 13.2. The van der Waals surface area contributed by atoms with Gasteiger partial charge in [-0.3, -0.25) is 0 Å². The third-order valence-corrected chi connectivity index (χ3v) is 4.83. The Morgan fingerprint density at radius 3 is 2.50 bits per heavy atom. The molecule has 0 saturated heterocycles. The van der Waals surface area contributed by atoms with E-state index in [4.69, 9.17) is 5.73 Å². The van der Waals surface area contributed by atoms with E-state index in [0.717, 1.165) is 12.2 Å². The maximum atomic E-state index is 11.4. The molecule has 1 aromatic rings. The van der Waals surface area contributed by atoms with Crippen molar-refractivity contribution >= 4 is 21.2 Å². The van der Waals surface area contributed by atoms with Crippen LogP contribution in [0.1, 0.15) is 26.2 Å². The van der Waals surface area contributed by atoms with Crippen LogP contribution in [0.15, 0.2) is 23.1 Å². The monoisotopic (exact) mass is 268 g/mol. The normalized spacial score (nSPS) is 18.1. The molecular formula is C13H20N2O2S. The summed E-state index contributed by atoms with van der Waals surface area (Å²) >= 11 is 0. The second-order valence-corrected chi connectivity index (χ2v) is 7.55. The van der Waals surface area contributed by atoms with Gasteiger partial charge in [0.05, 0.1) is 16.3 Å². The van der Waals surface area contributed by atoms with Gasteiger partial charge >= 0.3 is 0 Å². The van der Waals surface area contributed by atoms with E-state index in [9.17, 15) is 8.42 Å². The van der Waals surface area contributed by atoms with Crippen LogP contribution in [0.25, 0.3) is 0 Å². The standard InChI is InChI=1S/C13H20N2O2S/c1-13(6-3-7-13)9-15-12-5-4-10(8-11(12)14)18(2,16)17/h4-5,8,15H,3,6-7,9,14H2,1-2H3. The zero-order valence-corrected chi connectivity index (χ0v) is 11.7. The fourth-order valence-corrected chi connectivity index (χ4v) is 2.85. The van der Waals surface area contributed by atoms with E-state index in [2.05, 4.69) is 12.2 Å². The highest BCUT2D eigenvalue weighted by Crippen LogP contribution is 2.40. The zero-order chi connectivity index (χ0) is 13.4. The highest BCUT2D eigenvalue weighted by molar-refractivity contribution is 7.90. The predicted molar refractivity (Wildman–Crippen MR) is 74.4 cm³/mol. The van der Waals surface area contributed by atoms with Crippen LogP contribution in [-0.4, -0.2) is 21.2 Å². The quantitative estimate of drug-likeness (QED) is 0.822. The van der Waals surface area contributed by atoms with E-state index in [1.165, 1.54) is 31.6 Å². The van der Waals surface area contributed by atoms with Gasteiger partial charge in [0.25, 0.3) is 0 Å². The second-order valence-electron chi connectivity index (χ2n) is 5.54. The van der Waals surface area contributed by atoms with Crippen LogP contribution in [0.2, 0.25) is 0 Å². The van der Waals surface area contributed by atoms with Crippen LogP contribution in [0.3, 0.4) is 0 Å². The lowest BCUT2D eigenvalue weighted by atomic mass is 9.70. The molecule has 0 heterocycles. The van der Waals surface area contributed by atoms with Gasteiger partial charge in [-0.25, -0.2) is 8.42 Å². The summed E-state index contributed by atoms with van der Waals surface area (Å²) in [5, 5.41) is 3.31. The van der Waals surface area contributed by atoms with Crippen LogP contribution >= 0.6 is 0 Å². The van der Waals surface area contributed by atoms with Crippen molar-refractivity contribution in [3.8, 4) is 0 Å². The molecule has 0 aliphatic heterocycles. The number of rotatable bonds is 4. The van der Waals surface area contributed by atoms with Crippen LogP contribution in [0, 0.1) is 5.41 Å². The number of nitrogen functional groups attached to an aromatic ring is 1. The largest absolute Gasteiger partial charge is 0.397 e. The third-order valence-electron chi connectivity index (χ3n) is 3.72. The molecule has 0 unspecified atom stereocenters. The molecule has 0 atom stereocenters. The van der Waals surface area contributed by atoms with Gasteiger partial charge in [-0.05, 0) is 36.5 Å². The Balaban J connectivity index is 2.10. The molecule has 0 amide bonds. The number of nitrogens with two attached hydrogens (primary N) is 1. The smallest absolute Gasteiger partial charge is 0.175 e. The Kier molecular flexibility index (Phi) is 3.27. The van der Waals surface area contributed by atoms with Gasteiger partial charge in [-0.15, -0.1) is 0 Å². The van der Waals surface area contributed by atoms with Crippen molar-refractivity contribution in [3.63, 3.8) is 0 Å². The highest BCUT2D eigenvalue weighted by atomic mass is 32.2. The van der Waals surface area contributed by atoms with Gasteiger partial charge in [-0.1, -0.05) is 13.3 Å². The Bertz CT molecular complexity index is 548. The van der Waals surface area contributed by atoms with E-state index in [-0.39, 0.29) is 4.90 Å². The zero-order valence-electron chi connectivity index (χ0n) is 10.9. The average Bonchev–Trinajstić information content (AvgIpc) is 2.23. The molecule has 0 radical (unpaired) electrons. The minimum absolute atomic E-state index is 0.264. The lowest BCUT2D eigenvalue weighted by molar-refractivity contribution is 0.180. The summed E-state index contributed by atoms with van der Waals surface area (Å²) < 4.78 is 22.8. The number of hydrogen-bond donors (Lipinski definition) is 2. The summed E-state index contributed by atoms with van der Waals surface area (Å²) in [5.74, 6) is 0. The van der Waals surface area contributed by atoms with Crippen molar-refractivity contribution in [3.05, 3.63) is 18.2 Å². The lowest BCUT2D eigenvalue weighted by Crippen LogP contribution is -2.33. The van der Waals surface area contributed by atoms with Gasteiger partial charge in [0, 0.05) is 12.8 Å². The van der Waals surface area contributed by atoms with Gasteiger partial charge in [-0.2, -0.15) is 0 Å². The predicted octanol–water partition coefficient (Wildman–Crippen LogP) is 2.27. The van der Waals surface area contributed by atoms with Crippen molar-refractivity contribution < 1.29 is 8.42 Å². The number of benzene rings is 1. The summed E-state index contributed by atoms with van der Waals surface area (Å²) in [7, 11) is -3.19. The first-order chi connectivity index (χ1) is 8.30. The molecule has 1 saturated carbocycles. The van der Waals surface area contributed by atoms with E-state index >= 15 is 0 Å². The fourth-order valence-electron chi connectivity index (χ4n) is 2.20. The molecule has 5 heteroatoms. The van der Waals surface area contributed by atoms with Crippen molar-refractivity contribution in [1.82, 2.24) is 0 Å². The Morgan fingerprint density at radius 2 is 2.06 bits per heavy atom.